The normalized spacial score (nSPS) is 18.4. The van der Waals surface area contributed by atoms with Gasteiger partial charge >= 0.3 is 0 Å². The first kappa shape index (κ1) is 13.4. The highest BCUT2D eigenvalue weighted by Gasteiger charge is 2.21. The Morgan fingerprint density at radius 1 is 1.58 bits per heavy atom. The first-order valence-corrected chi connectivity index (χ1v) is 6.60. The Kier molecular flexibility index (Phi) is 4.40. The van der Waals surface area contributed by atoms with E-state index in [0.29, 0.717) is 0 Å². The number of carbonyl (C=O) groups is 1. The molecule has 0 bridgehead atoms. The predicted molar refractivity (Wildman–Crippen MR) is 75.8 cm³/mol. The average Bonchev–Trinajstić information content (AvgIpc) is 2.39. The highest BCUT2D eigenvalue weighted by Crippen LogP contribution is 2.19. The highest BCUT2D eigenvalue weighted by molar-refractivity contribution is 5.93. The van der Waals surface area contributed by atoms with Gasteiger partial charge in [0.15, 0.2) is 0 Å². The maximum absolute atomic E-state index is 11.5. The van der Waals surface area contributed by atoms with Crippen LogP contribution in [0.25, 0.3) is 0 Å². The van der Waals surface area contributed by atoms with Crippen molar-refractivity contribution in [3.8, 4) is 11.8 Å². The molecule has 1 atom stereocenters. The van der Waals surface area contributed by atoms with Crippen LogP contribution >= 0.6 is 0 Å². The standard InChI is InChI=1S/C15H19N3O/c1-3-5-15(19)17-13-6-4-9-18(11-13)14-7-8-16-12(2)10-14/h7-8,10,13H,4,6,9,11H2,1-2H3,(H,17,19)/t13-/m1/s1. The molecule has 1 aromatic rings. The van der Waals surface area contributed by atoms with Crippen molar-refractivity contribution in [3.63, 3.8) is 0 Å². The predicted octanol–water partition coefficient (Wildman–Crippen LogP) is 1.50. The third kappa shape index (κ3) is 3.72. The molecule has 0 radical (unpaired) electrons. The van der Waals surface area contributed by atoms with Gasteiger partial charge in [0.05, 0.1) is 0 Å². The molecule has 1 amide bonds. The Balaban J connectivity index is 2.00. The number of piperidine rings is 1. The second kappa shape index (κ2) is 6.24. The van der Waals surface area contributed by atoms with Crippen LogP contribution in [-0.2, 0) is 4.79 Å². The summed E-state index contributed by atoms with van der Waals surface area (Å²) in [5, 5.41) is 2.96. The van der Waals surface area contributed by atoms with Gasteiger partial charge in [-0.2, -0.15) is 0 Å². The summed E-state index contributed by atoms with van der Waals surface area (Å²) in [5.41, 5.74) is 2.19. The van der Waals surface area contributed by atoms with Gasteiger partial charge < -0.3 is 10.2 Å². The van der Waals surface area contributed by atoms with Crippen molar-refractivity contribution >= 4 is 11.6 Å². The minimum absolute atomic E-state index is 0.176. The topological polar surface area (TPSA) is 45.2 Å². The number of rotatable bonds is 2. The number of amides is 1. The fourth-order valence-electron chi connectivity index (χ4n) is 2.39. The second-order valence-corrected chi connectivity index (χ2v) is 4.79. The van der Waals surface area contributed by atoms with E-state index in [1.807, 2.05) is 19.2 Å². The van der Waals surface area contributed by atoms with Gasteiger partial charge in [-0.3, -0.25) is 9.78 Å². The van der Waals surface area contributed by atoms with Crippen LogP contribution in [0.15, 0.2) is 18.3 Å². The molecule has 1 aliphatic rings. The monoisotopic (exact) mass is 257 g/mol. The minimum atomic E-state index is -0.180. The molecule has 0 unspecified atom stereocenters. The van der Waals surface area contributed by atoms with Gasteiger partial charge in [-0.25, -0.2) is 0 Å². The van der Waals surface area contributed by atoms with Crippen molar-refractivity contribution in [1.82, 2.24) is 10.3 Å². The zero-order valence-electron chi connectivity index (χ0n) is 11.4. The SMILES string of the molecule is CC#CC(=O)N[C@@H]1CCCN(c2ccnc(C)c2)C1. The maximum Gasteiger partial charge on any atom is 0.296 e. The van der Waals surface area contributed by atoms with Crippen molar-refractivity contribution in [1.29, 1.82) is 0 Å². The van der Waals surface area contributed by atoms with Crippen molar-refractivity contribution < 1.29 is 4.79 Å². The number of pyridine rings is 1. The summed E-state index contributed by atoms with van der Waals surface area (Å²) in [5.74, 6) is 4.97. The lowest BCUT2D eigenvalue weighted by atomic mass is 10.0. The van der Waals surface area contributed by atoms with Crippen molar-refractivity contribution in [2.45, 2.75) is 32.7 Å². The van der Waals surface area contributed by atoms with Gasteiger partial charge in [-0.15, -0.1) is 0 Å². The highest BCUT2D eigenvalue weighted by atomic mass is 16.1. The summed E-state index contributed by atoms with van der Waals surface area (Å²) in [6.45, 7) is 5.52. The fraction of sp³-hybridized carbons (Fsp3) is 0.467. The average molecular weight is 257 g/mol. The third-order valence-electron chi connectivity index (χ3n) is 3.24. The number of nitrogens with one attached hydrogen (secondary N) is 1. The molecular formula is C15H19N3O. The Morgan fingerprint density at radius 2 is 2.42 bits per heavy atom. The molecule has 4 heteroatoms. The van der Waals surface area contributed by atoms with E-state index < -0.39 is 0 Å². The third-order valence-corrected chi connectivity index (χ3v) is 3.24. The summed E-state index contributed by atoms with van der Waals surface area (Å²) in [7, 11) is 0. The first-order valence-electron chi connectivity index (χ1n) is 6.60. The van der Waals surface area contributed by atoms with E-state index in [1.165, 1.54) is 5.69 Å². The molecule has 1 aromatic heterocycles. The number of aromatic nitrogens is 1. The summed E-state index contributed by atoms with van der Waals surface area (Å²) in [4.78, 5) is 18.0. The van der Waals surface area contributed by atoms with Crippen LogP contribution in [0.5, 0.6) is 0 Å². The van der Waals surface area contributed by atoms with E-state index in [2.05, 4.69) is 33.1 Å². The van der Waals surface area contributed by atoms with Crippen LogP contribution in [0.2, 0.25) is 0 Å². The van der Waals surface area contributed by atoms with Crippen molar-refractivity contribution in [3.05, 3.63) is 24.0 Å². The van der Waals surface area contributed by atoms with Gasteiger partial charge in [-0.05, 0) is 44.7 Å². The number of hydrogen-bond acceptors (Lipinski definition) is 3. The van der Waals surface area contributed by atoms with E-state index >= 15 is 0 Å². The molecule has 0 spiro atoms. The molecule has 100 valence electrons. The van der Waals surface area contributed by atoms with Gasteiger partial charge in [0.1, 0.15) is 0 Å². The number of hydrogen-bond donors (Lipinski definition) is 1. The molecule has 0 aliphatic carbocycles. The van der Waals surface area contributed by atoms with Gasteiger partial charge in [0.2, 0.25) is 0 Å². The Bertz CT molecular complexity index is 516. The summed E-state index contributed by atoms with van der Waals surface area (Å²) >= 11 is 0. The molecule has 2 heterocycles. The molecule has 1 aliphatic heterocycles. The van der Waals surface area contributed by atoms with E-state index in [0.717, 1.165) is 31.6 Å². The van der Waals surface area contributed by atoms with Gasteiger partial charge in [-0.1, -0.05) is 5.92 Å². The first-order chi connectivity index (χ1) is 9.19. The van der Waals surface area contributed by atoms with E-state index in [4.69, 9.17) is 0 Å². The summed E-state index contributed by atoms with van der Waals surface area (Å²) < 4.78 is 0. The lowest BCUT2D eigenvalue weighted by Crippen LogP contribution is -2.47. The molecule has 0 aromatic carbocycles. The summed E-state index contributed by atoms with van der Waals surface area (Å²) in [6.07, 6.45) is 3.92. The minimum Gasteiger partial charge on any atom is -0.369 e. The van der Waals surface area contributed by atoms with E-state index in [1.54, 1.807) is 6.92 Å². The van der Waals surface area contributed by atoms with Crippen molar-refractivity contribution in [2.24, 2.45) is 0 Å². The van der Waals surface area contributed by atoms with Crippen LogP contribution in [0.4, 0.5) is 5.69 Å². The smallest absolute Gasteiger partial charge is 0.296 e. The molecular weight excluding hydrogens is 238 g/mol. The van der Waals surface area contributed by atoms with Gasteiger partial charge in [0, 0.05) is 36.7 Å². The number of nitrogens with zero attached hydrogens (tertiary/aromatic N) is 2. The molecule has 1 N–H and O–H groups in total. The van der Waals surface area contributed by atoms with E-state index in [-0.39, 0.29) is 11.9 Å². The quantitative estimate of drug-likeness (QED) is 0.817. The second-order valence-electron chi connectivity index (χ2n) is 4.79. The van der Waals surface area contributed by atoms with Crippen LogP contribution in [0.3, 0.4) is 0 Å². The Labute approximate surface area is 114 Å². The Morgan fingerprint density at radius 3 is 3.16 bits per heavy atom. The summed E-state index contributed by atoms with van der Waals surface area (Å²) in [6, 6.07) is 4.27. The van der Waals surface area contributed by atoms with Gasteiger partial charge in [0.25, 0.3) is 5.91 Å². The van der Waals surface area contributed by atoms with E-state index in [9.17, 15) is 4.79 Å². The molecule has 0 saturated carbocycles. The molecule has 4 nitrogen and oxygen atoms in total. The van der Waals surface area contributed by atoms with Crippen LogP contribution < -0.4 is 10.2 Å². The maximum atomic E-state index is 11.5. The lowest BCUT2D eigenvalue weighted by molar-refractivity contribution is -0.116. The number of aryl methyl sites for hydroxylation is 1. The van der Waals surface area contributed by atoms with Crippen molar-refractivity contribution in [2.75, 3.05) is 18.0 Å². The Hall–Kier alpha value is -2.02. The largest absolute Gasteiger partial charge is 0.369 e. The number of carbonyl (C=O) groups excluding carboxylic acids is 1. The molecule has 1 saturated heterocycles. The molecule has 19 heavy (non-hydrogen) atoms. The van der Waals surface area contributed by atoms with Crippen LogP contribution in [0, 0.1) is 18.8 Å². The number of anilines is 1. The zero-order chi connectivity index (χ0) is 13.7. The molecule has 2 rings (SSSR count). The van der Waals surface area contributed by atoms with Crippen LogP contribution in [-0.4, -0.2) is 30.0 Å². The van der Waals surface area contributed by atoms with Crippen LogP contribution in [0.1, 0.15) is 25.5 Å². The zero-order valence-corrected chi connectivity index (χ0v) is 11.4. The lowest BCUT2D eigenvalue weighted by Gasteiger charge is -2.34. The fourth-order valence-corrected chi connectivity index (χ4v) is 2.39. The molecule has 1 fully saturated rings.